The number of hydrogen-bond acceptors (Lipinski definition) is 16. The van der Waals surface area contributed by atoms with Gasteiger partial charge in [0.05, 0.1) is 19.8 Å². The van der Waals surface area contributed by atoms with Gasteiger partial charge in [-0.1, -0.05) is 0 Å². The van der Waals surface area contributed by atoms with Crippen molar-refractivity contribution >= 4 is 0 Å². The van der Waals surface area contributed by atoms with Crippen molar-refractivity contribution in [3.8, 4) is 0 Å². The van der Waals surface area contributed by atoms with E-state index >= 15 is 0 Å². The molecule has 0 aromatic rings. The molecule has 3 fully saturated rings. The molecule has 0 aromatic carbocycles. The molecule has 11 N–H and O–H groups in total. The molecule has 3 aliphatic rings. The molecule has 0 amide bonds. The summed E-state index contributed by atoms with van der Waals surface area (Å²) in [5.41, 5.74) is 0. The average molecular weight is 504 g/mol. The fourth-order valence-electron chi connectivity index (χ4n) is 3.84. The van der Waals surface area contributed by atoms with Gasteiger partial charge in [0, 0.05) is 0 Å². The predicted molar refractivity (Wildman–Crippen MR) is 101 cm³/mol. The Bertz CT molecular complexity index is 639. The molecule has 34 heavy (non-hydrogen) atoms. The SMILES string of the molecule is OCC1O[C@@H](OCC2O[C@@H](OCC3O[C@@H](O)[C@H](O)C(O)[C@H]3O)[C@H](O)C(O)[C@H]2O)[C@H](O)C(O)[C@H]1O. The van der Waals surface area contributed by atoms with Gasteiger partial charge in [-0.3, -0.25) is 0 Å². The second kappa shape index (κ2) is 11.6. The lowest BCUT2D eigenvalue weighted by atomic mass is 9.98. The van der Waals surface area contributed by atoms with Crippen molar-refractivity contribution in [1.29, 1.82) is 0 Å². The van der Waals surface area contributed by atoms with E-state index in [1.165, 1.54) is 0 Å². The third-order valence-electron chi connectivity index (χ3n) is 6.05. The molecular formula is C18H32O16. The van der Waals surface area contributed by atoms with Gasteiger partial charge in [-0.05, 0) is 0 Å². The van der Waals surface area contributed by atoms with Crippen LogP contribution in [0.4, 0.5) is 0 Å². The first-order chi connectivity index (χ1) is 16.0. The number of hydrogen-bond donors (Lipinski definition) is 11. The standard InChI is InChI=1S/C18H32O16/c19-1-4-7(20)11(24)14(27)17(33-4)31-3-6-9(22)12(25)15(28)18(34-6)30-2-5-8(21)10(23)13(26)16(29)32-5/h4-29H,1-3H2/t4?,5?,6?,7-,8-,9-,10?,11?,12?,13+,14+,15+,16+,17+,18+/m0/s1. The first-order valence-corrected chi connectivity index (χ1v) is 10.6. The van der Waals surface area contributed by atoms with Crippen LogP contribution in [0.1, 0.15) is 0 Å². The Morgan fingerprint density at radius 1 is 0.441 bits per heavy atom. The molecule has 15 atom stereocenters. The molecular weight excluding hydrogens is 472 g/mol. The van der Waals surface area contributed by atoms with Crippen LogP contribution in [0.3, 0.4) is 0 Å². The van der Waals surface area contributed by atoms with Crippen LogP contribution in [-0.2, 0) is 23.7 Å². The van der Waals surface area contributed by atoms with Gasteiger partial charge in [0.1, 0.15) is 73.2 Å². The normalized spacial score (nSPS) is 52.5. The Balaban J connectivity index is 1.58. The highest BCUT2D eigenvalue weighted by Gasteiger charge is 2.48. The van der Waals surface area contributed by atoms with E-state index in [9.17, 15) is 56.2 Å². The van der Waals surface area contributed by atoms with E-state index in [1.54, 1.807) is 0 Å². The molecule has 3 saturated heterocycles. The van der Waals surface area contributed by atoms with Crippen molar-refractivity contribution in [1.82, 2.24) is 0 Å². The number of rotatable bonds is 7. The maximum atomic E-state index is 10.2. The molecule has 3 aliphatic heterocycles. The Morgan fingerprint density at radius 2 is 0.824 bits per heavy atom. The van der Waals surface area contributed by atoms with Gasteiger partial charge < -0.3 is 79.9 Å². The third kappa shape index (κ3) is 5.68. The highest BCUT2D eigenvalue weighted by Crippen LogP contribution is 2.27. The smallest absolute Gasteiger partial charge is 0.186 e. The minimum atomic E-state index is -1.82. The summed E-state index contributed by atoms with van der Waals surface area (Å²) < 4.78 is 26.1. The maximum absolute atomic E-state index is 10.2. The van der Waals surface area contributed by atoms with Crippen molar-refractivity contribution < 1.29 is 79.9 Å². The summed E-state index contributed by atoms with van der Waals surface area (Å²) in [6, 6.07) is 0. The number of ether oxygens (including phenoxy) is 5. The second-order valence-corrected chi connectivity index (χ2v) is 8.42. The fraction of sp³-hybridized carbons (Fsp3) is 1.00. The predicted octanol–water partition coefficient (Wildman–Crippen LogP) is -7.57. The zero-order valence-electron chi connectivity index (χ0n) is 17.7. The molecule has 0 aromatic heterocycles. The number of aliphatic hydroxyl groups excluding tert-OH is 11. The zero-order valence-corrected chi connectivity index (χ0v) is 17.7. The zero-order chi connectivity index (χ0) is 25.3. The van der Waals surface area contributed by atoms with Crippen LogP contribution in [-0.4, -0.2) is 168 Å². The summed E-state index contributed by atoms with van der Waals surface area (Å²) in [4.78, 5) is 0. The van der Waals surface area contributed by atoms with E-state index in [2.05, 4.69) is 0 Å². The van der Waals surface area contributed by atoms with E-state index in [4.69, 9.17) is 23.7 Å². The summed E-state index contributed by atoms with van der Waals surface area (Å²) >= 11 is 0. The van der Waals surface area contributed by atoms with Crippen LogP contribution in [0, 0.1) is 0 Å². The summed E-state index contributed by atoms with van der Waals surface area (Å²) in [6.07, 6.45) is -24.4. The Hall–Kier alpha value is -0.640. The maximum Gasteiger partial charge on any atom is 0.186 e. The molecule has 6 unspecified atom stereocenters. The minimum Gasteiger partial charge on any atom is -0.394 e. The lowest BCUT2D eigenvalue weighted by Crippen LogP contribution is -2.62. The van der Waals surface area contributed by atoms with Crippen LogP contribution in [0.5, 0.6) is 0 Å². The Labute approximate surface area is 192 Å². The second-order valence-electron chi connectivity index (χ2n) is 8.42. The largest absolute Gasteiger partial charge is 0.394 e. The Morgan fingerprint density at radius 3 is 1.29 bits per heavy atom. The average Bonchev–Trinajstić information content (AvgIpc) is 2.82. The summed E-state index contributed by atoms with van der Waals surface area (Å²) in [5, 5.41) is 108. The molecule has 0 bridgehead atoms. The minimum absolute atomic E-state index is 0.570. The molecule has 3 rings (SSSR count). The van der Waals surface area contributed by atoms with Crippen LogP contribution < -0.4 is 0 Å². The van der Waals surface area contributed by atoms with Gasteiger partial charge in [-0.25, -0.2) is 0 Å². The summed E-state index contributed by atoms with van der Waals surface area (Å²) in [5.74, 6) is 0. The topological polar surface area (TPSA) is 269 Å². The molecule has 16 nitrogen and oxygen atoms in total. The van der Waals surface area contributed by atoms with E-state index < -0.39 is 112 Å². The highest BCUT2D eigenvalue weighted by atomic mass is 16.7. The molecule has 0 radical (unpaired) electrons. The van der Waals surface area contributed by atoms with Crippen molar-refractivity contribution in [3.05, 3.63) is 0 Å². The van der Waals surface area contributed by atoms with Gasteiger partial charge >= 0.3 is 0 Å². The van der Waals surface area contributed by atoms with Gasteiger partial charge in [0.2, 0.25) is 0 Å². The van der Waals surface area contributed by atoms with Crippen molar-refractivity contribution in [3.63, 3.8) is 0 Å². The van der Waals surface area contributed by atoms with E-state index in [1.807, 2.05) is 0 Å². The fourth-order valence-corrected chi connectivity index (χ4v) is 3.84. The number of aliphatic hydroxyl groups is 11. The van der Waals surface area contributed by atoms with E-state index in [0.717, 1.165) is 0 Å². The van der Waals surface area contributed by atoms with Crippen molar-refractivity contribution in [2.24, 2.45) is 0 Å². The van der Waals surface area contributed by atoms with Crippen LogP contribution in [0.2, 0.25) is 0 Å². The molecule has 0 spiro atoms. The van der Waals surface area contributed by atoms with Gasteiger partial charge in [-0.2, -0.15) is 0 Å². The monoisotopic (exact) mass is 504 g/mol. The molecule has 0 aliphatic carbocycles. The van der Waals surface area contributed by atoms with Crippen LogP contribution in [0.25, 0.3) is 0 Å². The van der Waals surface area contributed by atoms with Crippen LogP contribution in [0.15, 0.2) is 0 Å². The molecule has 0 saturated carbocycles. The van der Waals surface area contributed by atoms with Crippen LogP contribution >= 0.6 is 0 Å². The van der Waals surface area contributed by atoms with Gasteiger partial charge in [0.25, 0.3) is 0 Å². The van der Waals surface area contributed by atoms with Crippen molar-refractivity contribution in [2.75, 3.05) is 19.8 Å². The van der Waals surface area contributed by atoms with Crippen molar-refractivity contribution in [2.45, 2.75) is 92.1 Å². The molecule has 3 heterocycles. The third-order valence-corrected chi connectivity index (χ3v) is 6.05. The lowest BCUT2D eigenvalue weighted by Gasteiger charge is -2.43. The van der Waals surface area contributed by atoms with E-state index in [0.29, 0.717) is 0 Å². The van der Waals surface area contributed by atoms with E-state index in [-0.39, 0.29) is 0 Å². The Kier molecular flexibility index (Phi) is 9.54. The first kappa shape index (κ1) is 27.9. The summed E-state index contributed by atoms with van der Waals surface area (Å²) in [7, 11) is 0. The lowest BCUT2D eigenvalue weighted by molar-refractivity contribution is -0.340. The highest BCUT2D eigenvalue weighted by molar-refractivity contribution is 4.92. The molecule has 16 heteroatoms. The molecule has 200 valence electrons. The first-order valence-electron chi connectivity index (χ1n) is 10.6. The quantitative estimate of drug-likeness (QED) is 0.154. The summed E-state index contributed by atoms with van der Waals surface area (Å²) in [6.45, 7) is -1.84. The van der Waals surface area contributed by atoms with Gasteiger partial charge in [0.15, 0.2) is 18.9 Å². The van der Waals surface area contributed by atoms with Gasteiger partial charge in [-0.15, -0.1) is 0 Å².